The second-order valence-corrected chi connectivity index (χ2v) is 10.9. The first kappa shape index (κ1) is 28.2. The van der Waals surface area contributed by atoms with Crippen LogP contribution in [0.1, 0.15) is 50.3 Å². The summed E-state index contributed by atoms with van der Waals surface area (Å²) in [6.45, 7) is 7.16. The van der Waals surface area contributed by atoms with Gasteiger partial charge in [-0.1, -0.05) is 48.9 Å². The lowest BCUT2D eigenvalue weighted by molar-refractivity contribution is -0.000667. The molecule has 1 aliphatic heterocycles. The van der Waals surface area contributed by atoms with Crippen LogP contribution < -0.4 is 9.47 Å². The first-order valence-corrected chi connectivity index (χ1v) is 12.7. The predicted molar refractivity (Wildman–Crippen MR) is 144 cm³/mol. The summed E-state index contributed by atoms with van der Waals surface area (Å²) in [4.78, 5) is 14.4. The number of ether oxygens (including phenoxy) is 3. The van der Waals surface area contributed by atoms with E-state index in [1.54, 1.807) is 27.8 Å². The Balaban J connectivity index is 1.95. The Morgan fingerprint density at radius 3 is 2.44 bits per heavy atom. The fourth-order valence-corrected chi connectivity index (χ4v) is 5.24. The Bertz CT molecular complexity index is 1470. The number of halogens is 3. The zero-order chi connectivity index (χ0) is 28.7. The summed E-state index contributed by atoms with van der Waals surface area (Å²) >= 11 is 6.51. The molecule has 4 rings (SSSR count). The highest BCUT2D eigenvalue weighted by molar-refractivity contribution is 6.34. The minimum absolute atomic E-state index is 0.00449. The van der Waals surface area contributed by atoms with Gasteiger partial charge in [0.25, 0.3) is 0 Å². The summed E-state index contributed by atoms with van der Waals surface area (Å²) in [5.74, 6) is -2.25. The number of hydrogen-bond acceptors (Lipinski definition) is 5. The van der Waals surface area contributed by atoms with Crippen molar-refractivity contribution in [3.8, 4) is 28.7 Å². The highest BCUT2D eigenvalue weighted by Crippen LogP contribution is 2.56. The molecule has 204 valence electrons. The monoisotopic (exact) mass is 554 g/mol. The van der Waals surface area contributed by atoms with E-state index >= 15 is 8.78 Å². The summed E-state index contributed by atoms with van der Waals surface area (Å²) in [6.07, 6.45) is -0.570. The molecule has 2 unspecified atom stereocenters. The van der Waals surface area contributed by atoms with E-state index < -0.39 is 34.8 Å². The minimum Gasteiger partial charge on any atom is -0.494 e. The van der Waals surface area contributed by atoms with Gasteiger partial charge in [-0.05, 0) is 38.5 Å². The quantitative estimate of drug-likeness (QED) is 0.328. The van der Waals surface area contributed by atoms with Gasteiger partial charge in [-0.25, -0.2) is 13.6 Å². The molecule has 3 aromatic carbocycles. The number of nitrogens with zero attached hydrogens (tertiary/aromatic N) is 2. The standard InChI is InChI=1S/C30H29ClF2N2O4/c1-17-23-22(14-20(32)26(31)25(23)24-18(15-34)12-13-21(37-6)27(24)33)38-30(17,19-10-8-7-9-11-19)16-35(5)28(36)39-29(2,3)4/h7-14,17H,16H2,1-6H3. The van der Waals surface area contributed by atoms with Crippen LogP contribution in [0, 0.1) is 23.0 Å². The molecule has 0 saturated carbocycles. The highest BCUT2D eigenvalue weighted by Gasteiger charge is 2.51. The van der Waals surface area contributed by atoms with Crippen LogP contribution in [0.15, 0.2) is 48.5 Å². The predicted octanol–water partition coefficient (Wildman–Crippen LogP) is 7.42. The summed E-state index contributed by atoms with van der Waals surface area (Å²) in [5, 5.41) is 9.46. The second kappa shape index (κ2) is 10.4. The molecular formula is C30H29ClF2N2O4. The van der Waals surface area contributed by atoms with Crippen LogP contribution in [0.3, 0.4) is 0 Å². The first-order valence-electron chi connectivity index (χ1n) is 12.3. The average molecular weight is 555 g/mol. The van der Waals surface area contributed by atoms with E-state index in [0.717, 1.165) is 6.07 Å². The van der Waals surface area contributed by atoms with Gasteiger partial charge >= 0.3 is 6.09 Å². The second-order valence-electron chi connectivity index (χ2n) is 10.5. The number of benzene rings is 3. The normalized spacial score (nSPS) is 18.1. The van der Waals surface area contributed by atoms with Crippen LogP contribution in [0.2, 0.25) is 5.02 Å². The summed E-state index contributed by atoms with van der Waals surface area (Å²) < 4.78 is 48.3. The number of carbonyl (C=O) groups is 1. The zero-order valence-corrected chi connectivity index (χ0v) is 23.3. The van der Waals surface area contributed by atoms with Crippen LogP contribution in [-0.2, 0) is 10.3 Å². The van der Waals surface area contributed by atoms with Crippen molar-refractivity contribution in [2.24, 2.45) is 0 Å². The highest BCUT2D eigenvalue weighted by atomic mass is 35.5. The Morgan fingerprint density at radius 1 is 1.18 bits per heavy atom. The number of nitriles is 1. The van der Waals surface area contributed by atoms with Gasteiger partial charge in [0, 0.05) is 35.7 Å². The van der Waals surface area contributed by atoms with E-state index in [1.165, 1.54) is 24.1 Å². The van der Waals surface area contributed by atoms with Crippen molar-refractivity contribution in [3.05, 3.63) is 81.9 Å². The molecule has 39 heavy (non-hydrogen) atoms. The molecule has 0 radical (unpaired) electrons. The molecule has 0 saturated heterocycles. The topological polar surface area (TPSA) is 71.8 Å². The number of hydrogen-bond donors (Lipinski definition) is 0. The van der Waals surface area contributed by atoms with E-state index in [2.05, 4.69) is 0 Å². The molecule has 9 heteroatoms. The molecule has 0 N–H and O–H groups in total. The zero-order valence-electron chi connectivity index (χ0n) is 22.6. The molecule has 3 aromatic rings. The van der Waals surface area contributed by atoms with Gasteiger partial charge < -0.3 is 19.1 Å². The van der Waals surface area contributed by atoms with Crippen LogP contribution in [0.5, 0.6) is 11.5 Å². The van der Waals surface area contributed by atoms with Crippen molar-refractivity contribution in [1.82, 2.24) is 4.90 Å². The number of fused-ring (bicyclic) bond motifs is 1. The maximum atomic E-state index is 15.7. The maximum Gasteiger partial charge on any atom is 0.410 e. The van der Waals surface area contributed by atoms with Crippen LogP contribution >= 0.6 is 11.6 Å². The van der Waals surface area contributed by atoms with Crippen molar-refractivity contribution >= 4 is 17.7 Å². The molecule has 6 nitrogen and oxygen atoms in total. The van der Waals surface area contributed by atoms with Gasteiger partial charge in [0.15, 0.2) is 17.2 Å². The van der Waals surface area contributed by atoms with Gasteiger partial charge in [-0.2, -0.15) is 5.26 Å². The smallest absolute Gasteiger partial charge is 0.410 e. The maximum absolute atomic E-state index is 15.7. The van der Waals surface area contributed by atoms with E-state index in [9.17, 15) is 10.1 Å². The van der Waals surface area contributed by atoms with Crippen molar-refractivity contribution in [3.63, 3.8) is 0 Å². The minimum atomic E-state index is -1.22. The lowest BCUT2D eigenvalue weighted by Gasteiger charge is -2.37. The third kappa shape index (κ3) is 4.99. The average Bonchev–Trinajstić information content (AvgIpc) is 3.16. The molecule has 0 aromatic heterocycles. The number of likely N-dealkylation sites (N-methyl/N-ethyl adjacent to an activating group) is 1. The molecule has 1 amide bonds. The third-order valence-corrected chi connectivity index (χ3v) is 7.15. The number of methoxy groups -OCH3 is 1. The number of carbonyl (C=O) groups excluding carboxylic acids is 1. The molecule has 1 heterocycles. The molecule has 2 atom stereocenters. The lowest BCUT2D eigenvalue weighted by atomic mass is 9.77. The summed E-state index contributed by atoms with van der Waals surface area (Å²) in [5.41, 5.74) is -1.05. The molecular weight excluding hydrogens is 526 g/mol. The molecule has 0 bridgehead atoms. The number of rotatable bonds is 5. The fraction of sp³-hybridized carbons (Fsp3) is 0.333. The van der Waals surface area contributed by atoms with Gasteiger partial charge in [-0.15, -0.1) is 0 Å². The molecule has 1 aliphatic rings. The Hall–Kier alpha value is -3.83. The van der Waals surface area contributed by atoms with Gasteiger partial charge in [0.2, 0.25) is 0 Å². The van der Waals surface area contributed by atoms with Crippen molar-refractivity contribution in [2.75, 3.05) is 20.7 Å². The van der Waals surface area contributed by atoms with Crippen molar-refractivity contribution in [1.29, 1.82) is 5.26 Å². The summed E-state index contributed by atoms with van der Waals surface area (Å²) in [7, 11) is 2.88. The fourth-order valence-electron chi connectivity index (χ4n) is 4.99. The van der Waals surface area contributed by atoms with Gasteiger partial charge in [0.05, 0.1) is 30.3 Å². The van der Waals surface area contributed by atoms with E-state index in [-0.39, 0.29) is 39.8 Å². The molecule has 0 fully saturated rings. The van der Waals surface area contributed by atoms with Gasteiger partial charge in [-0.3, -0.25) is 0 Å². The Morgan fingerprint density at radius 2 is 1.85 bits per heavy atom. The lowest BCUT2D eigenvalue weighted by Crippen LogP contribution is -2.47. The van der Waals surface area contributed by atoms with Crippen molar-refractivity contribution in [2.45, 2.75) is 44.8 Å². The largest absolute Gasteiger partial charge is 0.494 e. The Labute approximate surface area is 231 Å². The van der Waals surface area contributed by atoms with Crippen LogP contribution in [0.25, 0.3) is 11.1 Å². The van der Waals surface area contributed by atoms with E-state index in [1.807, 2.05) is 43.3 Å². The summed E-state index contributed by atoms with van der Waals surface area (Å²) in [6, 6.07) is 15.0. The SMILES string of the molecule is COc1ccc(C#N)c(-c2c(Cl)c(F)cc3c2C(C)C(CN(C)C(=O)OC(C)(C)C)(c2ccccc2)O3)c1F. The van der Waals surface area contributed by atoms with Crippen LogP contribution in [-0.4, -0.2) is 37.3 Å². The van der Waals surface area contributed by atoms with E-state index in [4.69, 9.17) is 25.8 Å². The Kier molecular flexibility index (Phi) is 7.50. The van der Waals surface area contributed by atoms with Gasteiger partial charge in [0.1, 0.15) is 17.2 Å². The first-order chi connectivity index (χ1) is 18.3. The number of amides is 1. The van der Waals surface area contributed by atoms with Crippen LogP contribution in [0.4, 0.5) is 13.6 Å². The molecule has 0 spiro atoms. The van der Waals surface area contributed by atoms with Crippen molar-refractivity contribution < 1.29 is 27.8 Å². The van der Waals surface area contributed by atoms with E-state index in [0.29, 0.717) is 11.1 Å². The molecule has 0 aliphatic carbocycles. The third-order valence-electron chi connectivity index (χ3n) is 6.78.